The third-order valence-corrected chi connectivity index (χ3v) is 8.23. The number of aromatic nitrogens is 4. The Balaban J connectivity index is 1.05. The number of benzene rings is 1. The summed E-state index contributed by atoms with van der Waals surface area (Å²) in [6.07, 6.45) is 6.82. The van der Waals surface area contributed by atoms with Gasteiger partial charge < -0.3 is 35.1 Å². The summed E-state index contributed by atoms with van der Waals surface area (Å²) >= 11 is 0. The van der Waals surface area contributed by atoms with Gasteiger partial charge in [0.25, 0.3) is 0 Å². The number of nitrogens with one attached hydrogen (secondary N) is 4. The zero-order valence-corrected chi connectivity index (χ0v) is 27.1. The fourth-order valence-corrected chi connectivity index (χ4v) is 6.15. The Kier molecular flexibility index (Phi) is 9.93. The van der Waals surface area contributed by atoms with E-state index < -0.39 is 0 Å². The van der Waals surface area contributed by atoms with Gasteiger partial charge >= 0.3 is 6.03 Å². The number of amides is 3. The van der Waals surface area contributed by atoms with Crippen LogP contribution in [0.25, 0.3) is 22.3 Å². The van der Waals surface area contributed by atoms with E-state index in [0.29, 0.717) is 31.3 Å². The molecule has 4 N–H and O–H groups in total. The number of H-pyrrole nitrogens is 1. The number of nitrogens with zero attached hydrogens (tertiary/aromatic N) is 6. The molecule has 2 aliphatic heterocycles. The second-order valence-corrected chi connectivity index (χ2v) is 12.3. The average molecular weight is 639 g/mol. The number of fused-ring (bicyclic) bond motifs is 1. The third-order valence-electron chi connectivity index (χ3n) is 8.23. The molecule has 2 saturated heterocycles. The fourth-order valence-electron chi connectivity index (χ4n) is 6.15. The van der Waals surface area contributed by atoms with Crippen LogP contribution in [0.4, 0.5) is 27.8 Å². The van der Waals surface area contributed by atoms with Crippen LogP contribution >= 0.6 is 0 Å². The second-order valence-electron chi connectivity index (χ2n) is 12.3. The van der Waals surface area contributed by atoms with E-state index in [4.69, 9.17) is 4.74 Å². The normalized spacial score (nSPS) is 17.2. The molecule has 3 amide bonds. The average Bonchev–Trinajstić information content (AvgIpc) is 3.50. The van der Waals surface area contributed by atoms with Gasteiger partial charge in [0.2, 0.25) is 5.91 Å². The summed E-state index contributed by atoms with van der Waals surface area (Å²) in [5.74, 6) is 1.28. The van der Waals surface area contributed by atoms with E-state index in [1.165, 1.54) is 0 Å². The van der Waals surface area contributed by atoms with E-state index in [9.17, 15) is 9.59 Å². The van der Waals surface area contributed by atoms with Gasteiger partial charge in [-0.15, -0.1) is 0 Å². The van der Waals surface area contributed by atoms with Gasteiger partial charge in [-0.25, -0.2) is 19.7 Å². The Bertz CT molecular complexity index is 1730. The number of hydrogen-bond acceptors (Lipinski definition) is 9. The lowest BCUT2D eigenvalue weighted by Crippen LogP contribution is -2.47. The SMILES string of the molecule is C/C(=C\C(=O)NC1CCCN(c2ccnc(NC(=O)Nc3ccc(-c4cc5c(N6CCOCC6)ncnc5[nH]4)cc3)c2)C1)CN(C)C. The second kappa shape index (κ2) is 14.6. The Morgan fingerprint density at radius 1 is 1.02 bits per heavy atom. The van der Waals surface area contributed by atoms with Crippen molar-refractivity contribution in [1.29, 1.82) is 0 Å². The molecule has 1 unspecified atom stereocenters. The van der Waals surface area contributed by atoms with Gasteiger partial charge in [-0.05, 0) is 63.7 Å². The van der Waals surface area contributed by atoms with Gasteiger partial charge in [0.1, 0.15) is 23.6 Å². The topological polar surface area (TPSA) is 144 Å². The lowest BCUT2D eigenvalue weighted by atomic mass is 10.0. The Morgan fingerprint density at radius 2 is 1.83 bits per heavy atom. The van der Waals surface area contributed by atoms with Crippen molar-refractivity contribution in [3.63, 3.8) is 0 Å². The summed E-state index contributed by atoms with van der Waals surface area (Å²) in [6.45, 7) is 7.21. The van der Waals surface area contributed by atoms with Crippen LogP contribution in [0.2, 0.25) is 0 Å². The van der Waals surface area contributed by atoms with Crippen molar-refractivity contribution >= 4 is 46.0 Å². The van der Waals surface area contributed by atoms with E-state index in [1.807, 2.05) is 62.3 Å². The number of ether oxygens (including phenoxy) is 1. The van der Waals surface area contributed by atoms with Crippen LogP contribution in [-0.4, -0.2) is 103 Å². The minimum Gasteiger partial charge on any atom is -0.378 e. The molecule has 4 aromatic rings. The molecule has 1 atom stereocenters. The Morgan fingerprint density at radius 3 is 2.62 bits per heavy atom. The molecule has 1 aromatic carbocycles. The Labute approximate surface area is 274 Å². The van der Waals surface area contributed by atoms with Gasteiger partial charge in [-0.2, -0.15) is 0 Å². The van der Waals surface area contributed by atoms with Crippen molar-refractivity contribution in [2.24, 2.45) is 0 Å². The van der Waals surface area contributed by atoms with Gasteiger partial charge in [0.05, 0.1) is 18.6 Å². The van der Waals surface area contributed by atoms with Crippen molar-refractivity contribution in [2.45, 2.75) is 25.8 Å². The quantitative estimate of drug-likeness (QED) is 0.199. The number of morpholine rings is 1. The molecule has 0 aliphatic carbocycles. The zero-order valence-electron chi connectivity index (χ0n) is 27.1. The van der Waals surface area contributed by atoms with Crippen LogP contribution in [0.3, 0.4) is 0 Å². The maximum atomic E-state index is 12.9. The number of hydrogen-bond donors (Lipinski definition) is 4. The maximum absolute atomic E-state index is 12.9. The summed E-state index contributed by atoms with van der Waals surface area (Å²) in [6, 6.07) is 13.1. The van der Waals surface area contributed by atoms with E-state index in [-0.39, 0.29) is 18.0 Å². The van der Waals surface area contributed by atoms with Crippen LogP contribution in [0.15, 0.2) is 66.6 Å². The summed E-state index contributed by atoms with van der Waals surface area (Å²) in [4.78, 5) is 48.6. The summed E-state index contributed by atoms with van der Waals surface area (Å²) in [5, 5.41) is 9.85. The summed E-state index contributed by atoms with van der Waals surface area (Å²) in [5.41, 5.74) is 5.27. The number of urea groups is 1. The third kappa shape index (κ3) is 8.23. The molecular formula is C34H42N10O3. The zero-order chi connectivity index (χ0) is 32.8. The summed E-state index contributed by atoms with van der Waals surface area (Å²) < 4.78 is 5.49. The first kappa shape index (κ1) is 32.0. The van der Waals surface area contributed by atoms with Crippen LogP contribution in [0.5, 0.6) is 0 Å². The summed E-state index contributed by atoms with van der Waals surface area (Å²) in [7, 11) is 3.97. The van der Waals surface area contributed by atoms with E-state index in [2.05, 4.69) is 51.8 Å². The largest absolute Gasteiger partial charge is 0.378 e. The molecular weight excluding hydrogens is 596 g/mol. The van der Waals surface area contributed by atoms with Gasteiger partial charge in [0, 0.05) is 74.2 Å². The van der Waals surface area contributed by atoms with E-state index in [0.717, 1.165) is 78.4 Å². The number of piperidine rings is 1. The molecule has 2 aliphatic rings. The predicted molar refractivity (Wildman–Crippen MR) is 185 cm³/mol. The number of likely N-dealkylation sites (N-methyl/N-ethyl adjacent to an activating group) is 1. The number of rotatable bonds is 9. The minimum atomic E-state index is -0.387. The van der Waals surface area contributed by atoms with E-state index in [1.54, 1.807) is 18.6 Å². The predicted octanol–water partition coefficient (Wildman–Crippen LogP) is 4.09. The highest BCUT2D eigenvalue weighted by molar-refractivity contribution is 5.99. The molecule has 0 spiro atoms. The van der Waals surface area contributed by atoms with Gasteiger partial charge in [-0.3, -0.25) is 10.1 Å². The number of pyridine rings is 1. The van der Waals surface area contributed by atoms with Crippen LogP contribution in [-0.2, 0) is 9.53 Å². The molecule has 0 radical (unpaired) electrons. The lowest BCUT2D eigenvalue weighted by molar-refractivity contribution is -0.117. The minimum absolute atomic E-state index is 0.0413. The van der Waals surface area contributed by atoms with Crippen LogP contribution in [0, 0.1) is 0 Å². The molecule has 3 aromatic heterocycles. The smallest absolute Gasteiger partial charge is 0.324 e. The first-order valence-electron chi connectivity index (χ1n) is 16.0. The highest BCUT2D eigenvalue weighted by Crippen LogP contribution is 2.30. The van der Waals surface area contributed by atoms with E-state index >= 15 is 0 Å². The van der Waals surface area contributed by atoms with Crippen LogP contribution < -0.4 is 25.8 Å². The first-order valence-corrected chi connectivity index (χ1v) is 16.0. The number of carbonyl (C=O) groups is 2. The number of carbonyl (C=O) groups excluding carboxylic acids is 2. The molecule has 6 rings (SSSR count). The number of anilines is 4. The molecule has 13 heteroatoms. The maximum Gasteiger partial charge on any atom is 0.324 e. The lowest BCUT2D eigenvalue weighted by Gasteiger charge is -2.34. The molecule has 2 fully saturated rings. The highest BCUT2D eigenvalue weighted by atomic mass is 16.5. The van der Waals surface area contributed by atoms with Crippen molar-refractivity contribution in [2.75, 3.05) is 80.5 Å². The Hall–Kier alpha value is -5.01. The van der Waals surface area contributed by atoms with Gasteiger partial charge in [-0.1, -0.05) is 17.7 Å². The molecule has 0 bridgehead atoms. The first-order chi connectivity index (χ1) is 22.8. The van der Waals surface area contributed by atoms with Crippen molar-refractivity contribution in [3.8, 4) is 11.3 Å². The van der Waals surface area contributed by atoms with Crippen molar-refractivity contribution < 1.29 is 14.3 Å². The fraction of sp³-hybridized carbons (Fsp3) is 0.382. The molecule has 0 saturated carbocycles. The standard InChI is InChI=1S/C34H42N10O3/c1-23(20-42(2)3)17-31(45)38-26-5-4-12-44(21-26)27-10-11-35-30(18-27)41-34(46)39-25-8-6-24(7-9-25)29-19-28-32(40-29)36-22-37-33(28)43-13-15-47-16-14-43/h6-11,17-19,22,26H,4-5,12-16,20-21H2,1-3H3,(H,38,45)(H,36,37,40)(H2,35,39,41,46)/b23-17+. The van der Waals surface area contributed by atoms with Gasteiger partial charge in [0.15, 0.2) is 0 Å². The monoisotopic (exact) mass is 638 g/mol. The molecule has 246 valence electrons. The van der Waals surface area contributed by atoms with Crippen LogP contribution in [0.1, 0.15) is 19.8 Å². The molecule has 13 nitrogen and oxygen atoms in total. The van der Waals surface area contributed by atoms with Crippen molar-refractivity contribution in [3.05, 3.63) is 66.6 Å². The highest BCUT2D eigenvalue weighted by Gasteiger charge is 2.22. The van der Waals surface area contributed by atoms with Crippen molar-refractivity contribution in [1.82, 2.24) is 30.2 Å². The molecule has 5 heterocycles. The number of aromatic amines is 1. The molecule has 47 heavy (non-hydrogen) atoms.